The Morgan fingerprint density at radius 2 is 0.933 bits per heavy atom. The maximum atomic E-state index is 11.6. The lowest BCUT2D eigenvalue weighted by Crippen LogP contribution is -2.37. The average Bonchev–Trinajstić information content (AvgIpc) is 3.17. The zero-order valence-corrected chi connectivity index (χ0v) is 41.8. The van der Waals surface area contributed by atoms with Crippen LogP contribution < -0.4 is 14.2 Å². The van der Waals surface area contributed by atoms with Crippen LogP contribution in [0.1, 0.15) is 231 Å². The van der Waals surface area contributed by atoms with Crippen molar-refractivity contribution in [2.75, 3.05) is 0 Å². The normalized spacial score (nSPS) is 20.9. The molecule has 60 heavy (non-hydrogen) atoms. The van der Waals surface area contributed by atoms with Gasteiger partial charge in [-0.1, -0.05) is 145 Å². The second kappa shape index (κ2) is 23.4. The Bertz CT molecular complexity index is 1620. The number of ether oxygens (including phenoxy) is 3. The number of hydrogen-bond acceptors (Lipinski definition) is 4. The monoisotopic (exact) mass is 831 g/mol. The number of benzene rings is 2. The molecule has 1 N–H and O–H groups in total. The number of fused-ring (bicyclic) bond motifs is 2. The molecule has 2 aliphatic rings. The molecular formula is C56H94O4. The van der Waals surface area contributed by atoms with Crippen LogP contribution in [0, 0.1) is 63.2 Å². The molecule has 2 heterocycles. The van der Waals surface area contributed by atoms with Crippen LogP contribution in [0.25, 0.3) is 0 Å². The first-order valence-electron chi connectivity index (χ1n) is 25.3. The molecule has 0 aliphatic carbocycles. The van der Waals surface area contributed by atoms with Crippen LogP contribution >= 0.6 is 0 Å². The molecule has 2 aromatic carbocycles. The van der Waals surface area contributed by atoms with Gasteiger partial charge in [0, 0.05) is 11.1 Å². The summed E-state index contributed by atoms with van der Waals surface area (Å²) in [5.74, 6) is 8.47. The van der Waals surface area contributed by atoms with Crippen LogP contribution in [0.2, 0.25) is 0 Å². The molecule has 2 aromatic rings. The Morgan fingerprint density at radius 1 is 0.533 bits per heavy atom. The van der Waals surface area contributed by atoms with Crippen LogP contribution in [0.3, 0.4) is 0 Å². The van der Waals surface area contributed by atoms with E-state index in [4.69, 9.17) is 14.2 Å². The lowest BCUT2D eigenvalue weighted by atomic mass is 9.84. The second-order valence-corrected chi connectivity index (χ2v) is 22.3. The number of hydrogen-bond donors (Lipinski definition) is 1. The smallest absolute Gasteiger partial charge is 0.176 e. The van der Waals surface area contributed by atoms with E-state index in [1.165, 1.54) is 108 Å². The summed E-state index contributed by atoms with van der Waals surface area (Å²) in [6.45, 7) is 32.2. The lowest BCUT2D eigenvalue weighted by molar-refractivity contribution is 0.0502. The van der Waals surface area contributed by atoms with Gasteiger partial charge in [-0.25, -0.2) is 0 Å². The fourth-order valence-corrected chi connectivity index (χ4v) is 10.3. The third-order valence-electron chi connectivity index (χ3n) is 15.2. The van der Waals surface area contributed by atoms with Crippen LogP contribution in [0.15, 0.2) is 6.07 Å². The number of aromatic hydroxyl groups is 1. The molecule has 4 nitrogen and oxygen atoms in total. The Hall–Kier alpha value is -2.36. The third-order valence-corrected chi connectivity index (χ3v) is 15.2. The first kappa shape index (κ1) is 50.3. The Morgan fingerprint density at radius 3 is 1.40 bits per heavy atom. The Kier molecular flexibility index (Phi) is 19.6. The van der Waals surface area contributed by atoms with Gasteiger partial charge >= 0.3 is 0 Å². The van der Waals surface area contributed by atoms with Gasteiger partial charge in [0.05, 0.1) is 0 Å². The van der Waals surface area contributed by atoms with E-state index in [9.17, 15) is 5.11 Å². The third kappa shape index (κ3) is 14.9. The fraction of sp³-hybridized carbons (Fsp3) is 0.786. The fourth-order valence-electron chi connectivity index (χ4n) is 10.3. The quantitative estimate of drug-likeness (QED) is 0.103. The van der Waals surface area contributed by atoms with Crippen molar-refractivity contribution >= 4 is 0 Å². The summed E-state index contributed by atoms with van der Waals surface area (Å²) in [4.78, 5) is 0. The average molecular weight is 831 g/mol. The van der Waals surface area contributed by atoms with Crippen LogP contribution in [0.5, 0.6) is 28.7 Å². The summed E-state index contributed by atoms with van der Waals surface area (Å²) < 4.78 is 20.7. The number of phenolic OH excluding ortho intramolecular Hbond substituents is 1. The SMILES string of the molecule is Cc1c(Oc2c(O)c(C)c(C)c3c2CC[C@@](C)(CCC[C@H](C)CCC[C@H](C)CCCC(C)C)O3)cc2c(c1C)O[C@@](C)(CCC[C@@H](C)CCC[C@@H](C)CCCC(C)C)CC2. The topological polar surface area (TPSA) is 47.9 Å². The molecule has 342 valence electrons. The van der Waals surface area contributed by atoms with Crippen molar-refractivity contribution in [2.24, 2.45) is 35.5 Å². The van der Waals surface area contributed by atoms with E-state index in [-0.39, 0.29) is 17.0 Å². The van der Waals surface area contributed by atoms with Gasteiger partial charge in [0.2, 0.25) is 0 Å². The molecule has 2 aliphatic heterocycles. The van der Waals surface area contributed by atoms with Gasteiger partial charge in [-0.15, -0.1) is 0 Å². The predicted molar refractivity (Wildman–Crippen MR) is 258 cm³/mol. The molecule has 0 bridgehead atoms. The predicted octanol–water partition coefficient (Wildman–Crippen LogP) is 17.5. The van der Waals surface area contributed by atoms with Crippen molar-refractivity contribution in [3.05, 3.63) is 39.4 Å². The highest BCUT2D eigenvalue weighted by atomic mass is 16.5. The Labute approximate surface area is 371 Å². The number of aryl methyl sites for hydroxylation is 1. The van der Waals surface area contributed by atoms with E-state index >= 15 is 0 Å². The highest BCUT2D eigenvalue weighted by Gasteiger charge is 2.37. The van der Waals surface area contributed by atoms with Gasteiger partial charge < -0.3 is 19.3 Å². The first-order chi connectivity index (χ1) is 28.3. The van der Waals surface area contributed by atoms with Gasteiger partial charge in [-0.05, 0) is 157 Å². The van der Waals surface area contributed by atoms with Crippen LogP contribution in [-0.4, -0.2) is 16.3 Å². The summed E-state index contributed by atoms with van der Waals surface area (Å²) in [5.41, 5.74) is 5.96. The van der Waals surface area contributed by atoms with Gasteiger partial charge in [-0.3, -0.25) is 0 Å². The van der Waals surface area contributed by atoms with Crippen molar-refractivity contribution < 1.29 is 19.3 Å². The van der Waals surface area contributed by atoms with E-state index in [1.807, 2.05) is 6.92 Å². The van der Waals surface area contributed by atoms with Gasteiger partial charge in [0.15, 0.2) is 11.5 Å². The van der Waals surface area contributed by atoms with Crippen molar-refractivity contribution in [1.29, 1.82) is 0 Å². The van der Waals surface area contributed by atoms with E-state index < -0.39 is 0 Å². The Balaban J connectivity index is 1.31. The largest absolute Gasteiger partial charge is 0.504 e. The van der Waals surface area contributed by atoms with Crippen molar-refractivity contribution in [1.82, 2.24) is 0 Å². The molecule has 0 fully saturated rings. The van der Waals surface area contributed by atoms with Gasteiger partial charge in [0.1, 0.15) is 28.5 Å². The van der Waals surface area contributed by atoms with E-state index in [1.54, 1.807) is 0 Å². The van der Waals surface area contributed by atoms with Gasteiger partial charge in [-0.2, -0.15) is 0 Å². The van der Waals surface area contributed by atoms with Crippen LogP contribution in [0.4, 0.5) is 0 Å². The summed E-state index contributed by atoms with van der Waals surface area (Å²) in [6.07, 6.45) is 27.2. The maximum Gasteiger partial charge on any atom is 0.176 e. The maximum absolute atomic E-state index is 11.6. The molecule has 0 unspecified atom stereocenters. The van der Waals surface area contributed by atoms with Crippen molar-refractivity contribution in [2.45, 2.75) is 249 Å². The minimum atomic E-state index is -0.214. The minimum absolute atomic E-state index is 0.143. The molecule has 0 aromatic heterocycles. The zero-order valence-electron chi connectivity index (χ0n) is 41.8. The number of phenols is 1. The molecule has 6 atom stereocenters. The molecular weight excluding hydrogens is 737 g/mol. The molecule has 0 saturated heterocycles. The highest BCUT2D eigenvalue weighted by molar-refractivity contribution is 5.64. The molecule has 0 radical (unpaired) electrons. The summed E-state index contributed by atoms with van der Waals surface area (Å²) in [5, 5.41) is 11.6. The first-order valence-corrected chi connectivity index (χ1v) is 25.3. The number of rotatable bonds is 26. The van der Waals surface area contributed by atoms with Crippen molar-refractivity contribution in [3.63, 3.8) is 0 Å². The van der Waals surface area contributed by atoms with E-state index in [0.717, 1.165) is 119 Å². The van der Waals surface area contributed by atoms with E-state index in [2.05, 4.69) is 96.1 Å². The second-order valence-electron chi connectivity index (χ2n) is 22.3. The van der Waals surface area contributed by atoms with Crippen LogP contribution in [-0.2, 0) is 12.8 Å². The molecule has 0 spiro atoms. The lowest BCUT2D eigenvalue weighted by Gasteiger charge is -2.39. The molecule has 4 heteroatoms. The summed E-state index contributed by atoms with van der Waals surface area (Å²) in [7, 11) is 0. The minimum Gasteiger partial charge on any atom is -0.504 e. The standard InChI is InChI=1S/C56H94O4/c1-38(2)21-15-23-40(5)25-17-27-42(7)29-19-33-55(13)35-31-48-37-50(44(9)46(11)52(48)59-55)58-54-49-32-36-56(14,60-53(49)47(12)45(10)51(54)57)34-20-30-43(8)28-18-26-41(6)24-16-22-39(3)4/h37-43,57H,15-36H2,1-14H3/t40-,41+,42-,43+,55-,56+/m0/s1. The highest BCUT2D eigenvalue weighted by Crippen LogP contribution is 2.51. The molecule has 0 saturated carbocycles. The summed E-state index contributed by atoms with van der Waals surface area (Å²) in [6, 6.07) is 2.19. The van der Waals surface area contributed by atoms with Gasteiger partial charge in [0.25, 0.3) is 0 Å². The molecule has 4 rings (SSSR count). The zero-order chi connectivity index (χ0) is 44.2. The molecule has 0 amide bonds. The van der Waals surface area contributed by atoms with E-state index in [0.29, 0.717) is 5.75 Å². The summed E-state index contributed by atoms with van der Waals surface area (Å²) >= 11 is 0. The van der Waals surface area contributed by atoms with Crippen molar-refractivity contribution in [3.8, 4) is 28.7 Å².